The fourth-order valence-corrected chi connectivity index (χ4v) is 3.83. The van der Waals surface area contributed by atoms with Gasteiger partial charge in [-0.1, -0.05) is 26.0 Å². The smallest absolute Gasteiger partial charge is 0.142 e. The third-order valence-corrected chi connectivity index (χ3v) is 5.07. The first kappa shape index (κ1) is 14.7. The summed E-state index contributed by atoms with van der Waals surface area (Å²) in [5, 5.41) is 0. The molecule has 1 aromatic carbocycles. The van der Waals surface area contributed by atoms with Crippen molar-refractivity contribution >= 4 is 5.69 Å². The van der Waals surface area contributed by atoms with Gasteiger partial charge in [-0.3, -0.25) is 0 Å². The number of hydrogen-bond donors (Lipinski definition) is 1. The summed E-state index contributed by atoms with van der Waals surface area (Å²) in [4.78, 5) is 2.49. The van der Waals surface area contributed by atoms with Crippen molar-refractivity contribution in [2.45, 2.75) is 45.6 Å². The van der Waals surface area contributed by atoms with Crippen LogP contribution in [0, 0.1) is 11.3 Å². The zero-order valence-corrected chi connectivity index (χ0v) is 13.3. The summed E-state index contributed by atoms with van der Waals surface area (Å²) in [6.07, 6.45) is 4.72. The highest BCUT2D eigenvalue weighted by atomic mass is 16.5. The van der Waals surface area contributed by atoms with Crippen molar-refractivity contribution in [1.82, 2.24) is 0 Å². The van der Waals surface area contributed by atoms with Crippen LogP contribution in [-0.2, 0) is 0 Å². The van der Waals surface area contributed by atoms with Gasteiger partial charge in [0.2, 0.25) is 0 Å². The van der Waals surface area contributed by atoms with Crippen LogP contribution >= 0.6 is 0 Å². The van der Waals surface area contributed by atoms with Gasteiger partial charge in [-0.25, -0.2) is 0 Å². The van der Waals surface area contributed by atoms with Crippen molar-refractivity contribution in [3.63, 3.8) is 0 Å². The summed E-state index contributed by atoms with van der Waals surface area (Å²) < 4.78 is 5.86. The van der Waals surface area contributed by atoms with E-state index in [1.807, 2.05) is 0 Å². The van der Waals surface area contributed by atoms with Gasteiger partial charge in [-0.05, 0) is 49.1 Å². The molecule has 1 saturated carbocycles. The number of para-hydroxylation sites is 2. The topological polar surface area (TPSA) is 38.5 Å². The van der Waals surface area contributed by atoms with Gasteiger partial charge >= 0.3 is 0 Å². The van der Waals surface area contributed by atoms with Gasteiger partial charge in [0.1, 0.15) is 5.75 Å². The van der Waals surface area contributed by atoms with E-state index in [9.17, 15) is 0 Å². The molecule has 0 radical (unpaired) electrons. The maximum Gasteiger partial charge on any atom is 0.142 e. The third kappa shape index (κ3) is 3.34. The van der Waals surface area contributed by atoms with Crippen LogP contribution in [0.5, 0.6) is 5.75 Å². The number of rotatable bonds is 2. The number of benzene rings is 1. The van der Waals surface area contributed by atoms with Crippen LogP contribution in [0.2, 0.25) is 0 Å². The minimum atomic E-state index is 0.342. The quantitative estimate of drug-likeness (QED) is 0.906. The highest BCUT2D eigenvalue weighted by Crippen LogP contribution is 2.40. The number of fused-ring (bicyclic) bond motifs is 1. The number of ether oxygens (including phenoxy) is 1. The average molecular weight is 288 g/mol. The summed E-state index contributed by atoms with van der Waals surface area (Å²) >= 11 is 0. The molecule has 2 atom stereocenters. The molecule has 2 N–H and O–H groups in total. The highest BCUT2D eigenvalue weighted by molar-refractivity contribution is 5.59. The van der Waals surface area contributed by atoms with Gasteiger partial charge in [0.25, 0.3) is 0 Å². The monoisotopic (exact) mass is 288 g/mol. The second-order valence-corrected chi connectivity index (χ2v) is 7.45. The lowest BCUT2D eigenvalue weighted by molar-refractivity contribution is 0.160. The molecule has 3 nitrogen and oxygen atoms in total. The van der Waals surface area contributed by atoms with Gasteiger partial charge in [-0.15, -0.1) is 0 Å². The molecule has 0 bridgehead atoms. The van der Waals surface area contributed by atoms with Crippen molar-refractivity contribution in [3.05, 3.63) is 24.3 Å². The molecule has 0 amide bonds. The van der Waals surface area contributed by atoms with Crippen molar-refractivity contribution < 1.29 is 4.74 Å². The van der Waals surface area contributed by atoms with Crippen LogP contribution in [-0.4, -0.2) is 25.7 Å². The lowest BCUT2D eigenvalue weighted by Gasteiger charge is -2.41. The standard InChI is InChI=1S/C18H28N2O/c1-18(2)9-8-15(19)14(12-18)13-20-10-5-11-21-17-7-4-3-6-16(17)20/h3-4,6-7,14-15H,5,8-13,19H2,1-2H3. The molecule has 3 heteroatoms. The second-order valence-electron chi connectivity index (χ2n) is 7.45. The number of nitrogens with zero attached hydrogens (tertiary/aromatic N) is 1. The van der Waals surface area contributed by atoms with Gasteiger partial charge in [0.15, 0.2) is 0 Å². The Morgan fingerprint density at radius 1 is 1.33 bits per heavy atom. The van der Waals surface area contributed by atoms with E-state index in [4.69, 9.17) is 10.5 Å². The molecule has 0 saturated heterocycles. The lowest BCUT2D eigenvalue weighted by atomic mass is 9.70. The summed E-state index contributed by atoms with van der Waals surface area (Å²) in [6, 6.07) is 8.76. The predicted octanol–water partition coefficient (Wildman–Crippen LogP) is 3.43. The Morgan fingerprint density at radius 3 is 3.00 bits per heavy atom. The van der Waals surface area contributed by atoms with E-state index in [1.165, 1.54) is 18.5 Å². The number of nitrogens with two attached hydrogens (primary N) is 1. The molecule has 116 valence electrons. The molecule has 1 fully saturated rings. The summed E-state index contributed by atoms with van der Waals surface area (Å²) in [5.74, 6) is 1.61. The van der Waals surface area contributed by atoms with Crippen LogP contribution in [0.3, 0.4) is 0 Å². The zero-order valence-electron chi connectivity index (χ0n) is 13.3. The maximum absolute atomic E-state index is 6.42. The van der Waals surface area contributed by atoms with E-state index in [-0.39, 0.29) is 0 Å². The normalized spacial score (nSPS) is 28.4. The maximum atomic E-state index is 6.42. The minimum Gasteiger partial charge on any atom is -0.491 e. The lowest BCUT2D eigenvalue weighted by Crippen LogP contribution is -2.45. The number of hydrogen-bond acceptors (Lipinski definition) is 3. The Bertz CT molecular complexity index is 486. The van der Waals surface area contributed by atoms with E-state index in [0.717, 1.165) is 38.3 Å². The first-order valence-corrected chi connectivity index (χ1v) is 8.27. The van der Waals surface area contributed by atoms with Crippen LogP contribution in [0.25, 0.3) is 0 Å². The molecular weight excluding hydrogens is 260 g/mol. The van der Waals surface area contributed by atoms with Crippen LogP contribution < -0.4 is 15.4 Å². The summed E-state index contributed by atoms with van der Waals surface area (Å²) in [6.45, 7) is 7.71. The first-order chi connectivity index (χ1) is 10.1. The molecule has 21 heavy (non-hydrogen) atoms. The molecule has 1 aliphatic carbocycles. The highest BCUT2D eigenvalue weighted by Gasteiger charge is 2.34. The van der Waals surface area contributed by atoms with Crippen molar-refractivity contribution in [1.29, 1.82) is 0 Å². The van der Waals surface area contributed by atoms with Crippen LogP contribution in [0.4, 0.5) is 5.69 Å². The van der Waals surface area contributed by atoms with E-state index < -0.39 is 0 Å². The van der Waals surface area contributed by atoms with E-state index in [0.29, 0.717) is 17.4 Å². The molecule has 1 aromatic rings. The molecular formula is C18H28N2O. The third-order valence-electron chi connectivity index (χ3n) is 5.07. The van der Waals surface area contributed by atoms with Crippen molar-refractivity contribution in [2.24, 2.45) is 17.1 Å². The summed E-state index contributed by atoms with van der Waals surface area (Å²) in [7, 11) is 0. The van der Waals surface area contributed by atoms with E-state index in [1.54, 1.807) is 0 Å². The Kier molecular flexibility index (Phi) is 4.12. The number of anilines is 1. The van der Waals surface area contributed by atoms with Crippen molar-refractivity contribution in [2.75, 3.05) is 24.6 Å². The molecule has 0 spiro atoms. The average Bonchev–Trinajstić information content (AvgIpc) is 2.66. The minimum absolute atomic E-state index is 0.342. The Balaban J connectivity index is 1.77. The fourth-order valence-electron chi connectivity index (χ4n) is 3.83. The fraction of sp³-hybridized carbons (Fsp3) is 0.667. The molecule has 0 aromatic heterocycles. The van der Waals surface area contributed by atoms with Gasteiger partial charge in [0.05, 0.1) is 12.3 Å². The molecule has 1 aliphatic heterocycles. The Labute approximate surface area is 128 Å². The largest absolute Gasteiger partial charge is 0.491 e. The van der Waals surface area contributed by atoms with E-state index >= 15 is 0 Å². The van der Waals surface area contributed by atoms with E-state index in [2.05, 4.69) is 43.0 Å². The van der Waals surface area contributed by atoms with Gasteiger partial charge < -0.3 is 15.4 Å². The second kappa shape index (κ2) is 5.88. The van der Waals surface area contributed by atoms with Gasteiger partial charge in [-0.2, -0.15) is 0 Å². The SMILES string of the molecule is CC1(C)CCC(N)C(CN2CCCOc3ccccc32)C1. The molecule has 1 heterocycles. The molecule has 2 aliphatic rings. The molecule has 2 unspecified atom stereocenters. The predicted molar refractivity (Wildman–Crippen MR) is 87.9 cm³/mol. The van der Waals surface area contributed by atoms with Crippen molar-refractivity contribution in [3.8, 4) is 5.75 Å². The van der Waals surface area contributed by atoms with Crippen LogP contribution in [0.15, 0.2) is 24.3 Å². The Morgan fingerprint density at radius 2 is 2.14 bits per heavy atom. The van der Waals surface area contributed by atoms with Gasteiger partial charge in [0, 0.05) is 19.1 Å². The van der Waals surface area contributed by atoms with Crippen LogP contribution in [0.1, 0.15) is 39.5 Å². The molecule has 3 rings (SSSR count). The Hall–Kier alpha value is -1.22. The first-order valence-electron chi connectivity index (χ1n) is 8.27. The zero-order chi connectivity index (χ0) is 14.9. The summed E-state index contributed by atoms with van der Waals surface area (Å²) in [5.41, 5.74) is 8.09.